The lowest BCUT2D eigenvalue weighted by Gasteiger charge is -2.28. The van der Waals surface area contributed by atoms with Crippen molar-refractivity contribution in [2.45, 2.75) is 0 Å². The average Bonchev–Trinajstić information content (AvgIpc) is 3.07. The van der Waals surface area contributed by atoms with Gasteiger partial charge in [0.1, 0.15) is 0 Å². The third kappa shape index (κ3) is 2.96. The van der Waals surface area contributed by atoms with Crippen molar-refractivity contribution < 1.29 is 9.53 Å². The van der Waals surface area contributed by atoms with E-state index in [2.05, 4.69) is 19.9 Å². The highest BCUT2D eigenvalue weighted by atomic mass is 32.1. The van der Waals surface area contributed by atoms with Gasteiger partial charge >= 0.3 is 0 Å². The Morgan fingerprint density at radius 3 is 2.60 bits per heavy atom. The molecule has 128 valence electrons. The topological polar surface area (TPSA) is 133 Å². The van der Waals surface area contributed by atoms with Gasteiger partial charge in [-0.1, -0.05) is 0 Å². The van der Waals surface area contributed by atoms with E-state index in [9.17, 15) is 4.79 Å². The van der Waals surface area contributed by atoms with Crippen molar-refractivity contribution in [1.29, 1.82) is 0 Å². The molecule has 9 nitrogen and oxygen atoms in total. The van der Waals surface area contributed by atoms with E-state index < -0.39 is 5.91 Å². The molecule has 1 fully saturated rings. The predicted octanol–water partition coefficient (Wildman–Crippen LogP) is 0.666. The molecule has 4 N–H and O–H groups in total. The second-order valence-corrected chi connectivity index (χ2v) is 6.54. The van der Waals surface area contributed by atoms with E-state index in [-0.39, 0.29) is 5.95 Å². The zero-order valence-electron chi connectivity index (χ0n) is 13.2. The quantitative estimate of drug-likeness (QED) is 0.698. The van der Waals surface area contributed by atoms with Crippen LogP contribution in [0.15, 0.2) is 18.5 Å². The van der Waals surface area contributed by atoms with Crippen LogP contribution in [0, 0.1) is 0 Å². The summed E-state index contributed by atoms with van der Waals surface area (Å²) in [7, 11) is 0. The molecule has 0 radical (unpaired) electrons. The molecule has 1 aliphatic heterocycles. The number of nitrogens with two attached hydrogens (primary N) is 2. The summed E-state index contributed by atoms with van der Waals surface area (Å²) >= 11 is 1.30. The van der Waals surface area contributed by atoms with E-state index in [0.29, 0.717) is 48.1 Å². The molecular weight excluding hydrogens is 342 g/mol. The number of rotatable bonds is 3. The molecule has 25 heavy (non-hydrogen) atoms. The van der Waals surface area contributed by atoms with Gasteiger partial charge in [-0.15, -0.1) is 11.3 Å². The molecule has 0 saturated carbocycles. The van der Waals surface area contributed by atoms with Gasteiger partial charge in [0.05, 0.1) is 33.9 Å². The molecule has 1 saturated heterocycles. The number of ether oxygens (including phenoxy) is 1. The standard InChI is InChI=1S/C15H15N7O2S/c16-12(23)10-5-9-11(25-10)14(22-1-3-24-4-2-22)21-13(20-9)8-6-18-15(17)19-7-8/h5-7H,1-4H2,(H2,16,23)(H2,17,18,19). The largest absolute Gasteiger partial charge is 0.378 e. The molecule has 0 aliphatic carbocycles. The van der Waals surface area contributed by atoms with Crippen LogP contribution in [0.5, 0.6) is 0 Å². The van der Waals surface area contributed by atoms with E-state index >= 15 is 0 Å². The lowest BCUT2D eigenvalue weighted by molar-refractivity contribution is 0.100. The Kier molecular flexibility index (Phi) is 3.90. The fourth-order valence-corrected chi connectivity index (χ4v) is 3.57. The number of hydrogen-bond donors (Lipinski definition) is 2. The number of morpholine rings is 1. The molecule has 10 heteroatoms. The smallest absolute Gasteiger partial charge is 0.258 e. The Hall–Kier alpha value is -2.85. The van der Waals surface area contributed by atoms with Crippen LogP contribution in [0.3, 0.4) is 0 Å². The molecule has 0 unspecified atom stereocenters. The van der Waals surface area contributed by atoms with Gasteiger partial charge in [0.2, 0.25) is 5.95 Å². The fourth-order valence-electron chi connectivity index (χ4n) is 2.61. The molecule has 3 aromatic heterocycles. The number of nitrogen functional groups attached to an aromatic ring is 1. The van der Waals surface area contributed by atoms with Gasteiger partial charge < -0.3 is 21.1 Å². The summed E-state index contributed by atoms with van der Waals surface area (Å²) in [4.78, 5) is 31.4. The minimum absolute atomic E-state index is 0.185. The van der Waals surface area contributed by atoms with Crippen molar-refractivity contribution in [3.63, 3.8) is 0 Å². The summed E-state index contributed by atoms with van der Waals surface area (Å²) in [6.07, 6.45) is 3.15. The number of fused-ring (bicyclic) bond motifs is 1. The van der Waals surface area contributed by atoms with Gasteiger partial charge in [-0.2, -0.15) is 0 Å². The molecule has 4 rings (SSSR count). The second kappa shape index (κ2) is 6.22. The maximum atomic E-state index is 11.6. The summed E-state index contributed by atoms with van der Waals surface area (Å²) in [6.45, 7) is 2.68. The Balaban J connectivity index is 1.89. The predicted molar refractivity (Wildman–Crippen MR) is 94.4 cm³/mol. The first kappa shape index (κ1) is 15.7. The third-order valence-corrected chi connectivity index (χ3v) is 4.97. The number of thiophene rings is 1. The van der Waals surface area contributed by atoms with Crippen molar-refractivity contribution in [3.05, 3.63) is 23.3 Å². The molecule has 0 spiro atoms. The van der Waals surface area contributed by atoms with Crippen LogP contribution in [0.1, 0.15) is 9.67 Å². The lowest BCUT2D eigenvalue weighted by atomic mass is 10.3. The molecule has 1 amide bonds. The summed E-state index contributed by atoms with van der Waals surface area (Å²) in [5, 5.41) is 0. The number of hydrogen-bond acceptors (Lipinski definition) is 9. The van der Waals surface area contributed by atoms with Crippen molar-refractivity contribution in [2.24, 2.45) is 5.73 Å². The van der Waals surface area contributed by atoms with Crippen LogP contribution >= 0.6 is 11.3 Å². The number of amides is 1. The van der Waals surface area contributed by atoms with Crippen molar-refractivity contribution >= 4 is 39.2 Å². The number of primary amides is 1. The SMILES string of the molecule is NC(=O)c1cc2nc(-c3cnc(N)nc3)nc(N3CCOCC3)c2s1. The van der Waals surface area contributed by atoms with E-state index in [4.69, 9.17) is 21.2 Å². The van der Waals surface area contributed by atoms with Gasteiger partial charge in [-0.3, -0.25) is 4.79 Å². The highest BCUT2D eigenvalue weighted by Gasteiger charge is 2.21. The van der Waals surface area contributed by atoms with E-state index in [0.717, 1.165) is 10.5 Å². The normalized spacial score (nSPS) is 14.8. The Bertz CT molecular complexity index is 935. The maximum Gasteiger partial charge on any atom is 0.258 e. The van der Waals surface area contributed by atoms with Gasteiger partial charge in [0.25, 0.3) is 5.91 Å². The van der Waals surface area contributed by atoms with Crippen LogP contribution in [-0.4, -0.2) is 52.1 Å². The zero-order chi connectivity index (χ0) is 17.4. The number of anilines is 2. The number of carbonyl (C=O) groups excluding carboxylic acids is 1. The fraction of sp³-hybridized carbons (Fsp3) is 0.267. The average molecular weight is 357 g/mol. The van der Waals surface area contributed by atoms with E-state index in [1.165, 1.54) is 11.3 Å². The highest BCUT2D eigenvalue weighted by molar-refractivity contribution is 7.21. The van der Waals surface area contributed by atoms with Gasteiger partial charge in [0.15, 0.2) is 11.6 Å². The summed E-state index contributed by atoms with van der Waals surface area (Å²) in [5.41, 5.74) is 12.3. The Morgan fingerprint density at radius 1 is 1.20 bits per heavy atom. The van der Waals surface area contributed by atoms with Crippen molar-refractivity contribution in [3.8, 4) is 11.4 Å². The minimum atomic E-state index is -0.478. The molecular formula is C15H15N7O2S. The minimum Gasteiger partial charge on any atom is -0.378 e. The first-order valence-electron chi connectivity index (χ1n) is 7.64. The van der Waals surface area contributed by atoms with Crippen LogP contribution in [0.2, 0.25) is 0 Å². The van der Waals surface area contributed by atoms with E-state index in [1.54, 1.807) is 18.5 Å². The second-order valence-electron chi connectivity index (χ2n) is 5.49. The van der Waals surface area contributed by atoms with Crippen LogP contribution in [-0.2, 0) is 4.74 Å². The molecule has 0 aromatic carbocycles. The van der Waals surface area contributed by atoms with Crippen LogP contribution in [0.4, 0.5) is 11.8 Å². The summed E-state index contributed by atoms with van der Waals surface area (Å²) in [5.74, 6) is 0.943. The third-order valence-electron chi connectivity index (χ3n) is 3.84. The molecule has 1 aliphatic rings. The molecule has 4 heterocycles. The zero-order valence-corrected chi connectivity index (χ0v) is 14.0. The monoisotopic (exact) mass is 357 g/mol. The Labute approximate surface area is 146 Å². The highest BCUT2D eigenvalue weighted by Crippen LogP contribution is 2.34. The van der Waals surface area contributed by atoms with Gasteiger partial charge in [-0.25, -0.2) is 19.9 Å². The Morgan fingerprint density at radius 2 is 1.92 bits per heavy atom. The maximum absolute atomic E-state index is 11.6. The number of carbonyl (C=O) groups is 1. The van der Waals surface area contributed by atoms with Gasteiger partial charge in [0, 0.05) is 25.5 Å². The molecule has 0 bridgehead atoms. The van der Waals surface area contributed by atoms with Crippen LogP contribution in [0.25, 0.3) is 21.6 Å². The first-order valence-corrected chi connectivity index (χ1v) is 8.45. The van der Waals surface area contributed by atoms with Gasteiger partial charge in [-0.05, 0) is 6.07 Å². The first-order chi connectivity index (χ1) is 12.1. The van der Waals surface area contributed by atoms with Crippen molar-refractivity contribution in [1.82, 2.24) is 19.9 Å². The number of aromatic nitrogens is 4. The van der Waals surface area contributed by atoms with Crippen LogP contribution < -0.4 is 16.4 Å². The number of nitrogens with zero attached hydrogens (tertiary/aromatic N) is 5. The van der Waals surface area contributed by atoms with Crippen molar-refractivity contribution in [2.75, 3.05) is 36.9 Å². The summed E-state index contributed by atoms with van der Waals surface area (Å²) in [6, 6.07) is 1.69. The van der Waals surface area contributed by atoms with E-state index in [1.807, 2.05) is 0 Å². The molecule has 0 atom stereocenters. The summed E-state index contributed by atoms with van der Waals surface area (Å²) < 4.78 is 6.24. The lowest BCUT2D eigenvalue weighted by Crippen LogP contribution is -2.36. The molecule has 3 aromatic rings.